The average molecular weight is 336 g/mol. The minimum absolute atomic E-state index is 0.0991. The Kier molecular flexibility index (Phi) is 6.40. The van der Waals surface area contributed by atoms with E-state index in [0.717, 1.165) is 25.7 Å². The molecule has 1 fully saturated rings. The molecule has 1 aromatic rings. The minimum atomic E-state index is -0.505. The topological polar surface area (TPSA) is 81.9 Å². The van der Waals surface area contributed by atoms with E-state index in [0.29, 0.717) is 12.3 Å². The number of carbonyl (C=O) groups is 1. The van der Waals surface area contributed by atoms with E-state index < -0.39 is 4.92 Å². The fourth-order valence-electron chi connectivity index (χ4n) is 3.15. The molecule has 7 heteroatoms. The first-order valence-corrected chi connectivity index (χ1v) is 8.31. The zero-order valence-corrected chi connectivity index (χ0v) is 14.2. The van der Waals surface area contributed by atoms with Crippen LogP contribution in [0.2, 0.25) is 0 Å². The molecule has 0 aliphatic heterocycles. The molecule has 1 saturated carbocycles. The molecule has 0 unspecified atom stereocenters. The Morgan fingerprint density at radius 2 is 2.00 bits per heavy atom. The summed E-state index contributed by atoms with van der Waals surface area (Å²) in [5.74, 6) is 0.479. The molecule has 0 saturated heterocycles. The number of ether oxygens (including phenoxy) is 2. The summed E-state index contributed by atoms with van der Waals surface area (Å²) in [6.45, 7) is 2.45. The van der Waals surface area contributed by atoms with E-state index in [-0.39, 0.29) is 30.0 Å². The quantitative estimate of drug-likeness (QED) is 0.564. The van der Waals surface area contributed by atoms with Crippen LogP contribution in [0.25, 0.3) is 0 Å². The maximum atomic E-state index is 12.5. The van der Waals surface area contributed by atoms with Crippen LogP contribution in [-0.4, -0.2) is 42.0 Å². The van der Waals surface area contributed by atoms with Gasteiger partial charge in [-0.1, -0.05) is 19.3 Å². The van der Waals surface area contributed by atoms with Crippen LogP contribution in [0.3, 0.4) is 0 Å². The summed E-state index contributed by atoms with van der Waals surface area (Å²) in [6.07, 6.45) is 5.57. The van der Waals surface area contributed by atoms with Gasteiger partial charge in [-0.2, -0.15) is 0 Å². The Hall–Kier alpha value is -2.31. The molecule has 132 valence electrons. The van der Waals surface area contributed by atoms with Gasteiger partial charge in [0, 0.05) is 18.7 Å². The predicted octanol–water partition coefficient (Wildman–Crippen LogP) is 3.16. The van der Waals surface area contributed by atoms with Gasteiger partial charge >= 0.3 is 0 Å². The second-order valence-electron chi connectivity index (χ2n) is 5.85. The summed E-state index contributed by atoms with van der Waals surface area (Å²) in [6, 6.07) is 4.36. The largest absolute Gasteiger partial charge is 0.493 e. The summed E-state index contributed by atoms with van der Waals surface area (Å²) in [4.78, 5) is 24.7. The van der Waals surface area contributed by atoms with Crippen molar-refractivity contribution < 1.29 is 19.2 Å². The highest BCUT2D eigenvalue weighted by molar-refractivity contribution is 5.78. The van der Waals surface area contributed by atoms with Crippen molar-refractivity contribution >= 4 is 11.6 Å². The van der Waals surface area contributed by atoms with Crippen molar-refractivity contribution in [3.63, 3.8) is 0 Å². The van der Waals surface area contributed by atoms with Crippen molar-refractivity contribution in [1.82, 2.24) is 4.90 Å². The minimum Gasteiger partial charge on any atom is -0.493 e. The number of hydrogen-bond donors (Lipinski definition) is 0. The normalized spacial score (nSPS) is 14.9. The van der Waals surface area contributed by atoms with E-state index in [4.69, 9.17) is 9.47 Å². The fraction of sp³-hybridized carbons (Fsp3) is 0.588. The second-order valence-corrected chi connectivity index (χ2v) is 5.85. The fourth-order valence-corrected chi connectivity index (χ4v) is 3.15. The van der Waals surface area contributed by atoms with E-state index in [2.05, 4.69) is 0 Å². The third-order valence-electron chi connectivity index (χ3n) is 4.39. The van der Waals surface area contributed by atoms with Crippen LogP contribution in [0, 0.1) is 10.1 Å². The van der Waals surface area contributed by atoms with Crippen LogP contribution in [0.4, 0.5) is 5.69 Å². The Morgan fingerprint density at radius 1 is 1.29 bits per heavy atom. The Bertz CT molecular complexity index is 584. The average Bonchev–Trinajstić information content (AvgIpc) is 2.61. The smallest absolute Gasteiger partial charge is 0.273 e. The highest BCUT2D eigenvalue weighted by Gasteiger charge is 2.24. The molecule has 0 aromatic heterocycles. The van der Waals surface area contributed by atoms with Gasteiger partial charge < -0.3 is 14.4 Å². The maximum Gasteiger partial charge on any atom is 0.273 e. The Balaban J connectivity index is 2.04. The van der Waals surface area contributed by atoms with Gasteiger partial charge in [0.25, 0.3) is 11.6 Å². The molecule has 0 spiro atoms. The van der Waals surface area contributed by atoms with Gasteiger partial charge in [0.2, 0.25) is 0 Å². The molecule has 0 bridgehead atoms. The van der Waals surface area contributed by atoms with E-state index in [1.54, 1.807) is 0 Å². The number of rotatable bonds is 7. The van der Waals surface area contributed by atoms with E-state index in [9.17, 15) is 14.9 Å². The third-order valence-corrected chi connectivity index (χ3v) is 4.39. The number of non-ortho nitro benzene ring substituents is 1. The van der Waals surface area contributed by atoms with Crippen LogP contribution >= 0.6 is 0 Å². The van der Waals surface area contributed by atoms with Crippen LogP contribution in [-0.2, 0) is 4.79 Å². The molecule has 0 heterocycles. The maximum absolute atomic E-state index is 12.5. The van der Waals surface area contributed by atoms with E-state index >= 15 is 0 Å². The number of nitrogens with zero attached hydrogens (tertiary/aromatic N) is 2. The summed E-state index contributed by atoms with van der Waals surface area (Å²) in [5, 5.41) is 10.9. The van der Waals surface area contributed by atoms with Crippen molar-refractivity contribution in [3.05, 3.63) is 28.3 Å². The number of benzene rings is 1. The number of nitro groups is 1. The number of likely N-dealkylation sites (N-methyl/N-ethyl adjacent to an activating group) is 1. The molecular weight excluding hydrogens is 312 g/mol. The molecule has 1 aliphatic rings. The summed E-state index contributed by atoms with van der Waals surface area (Å²) in [7, 11) is 1.45. The lowest BCUT2D eigenvalue weighted by Crippen LogP contribution is -2.43. The molecular formula is C17H24N2O5. The highest BCUT2D eigenvalue weighted by Crippen LogP contribution is 2.31. The third kappa shape index (κ3) is 4.37. The van der Waals surface area contributed by atoms with Gasteiger partial charge in [0.05, 0.1) is 18.1 Å². The standard InChI is InChI=1S/C17H24N2O5/c1-3-18(13-7-5-4-6-8-13)17(20)12-24-16-11-14(19(21)22)9-10-15(16)23-2/h9-11,13H,3-8,12H2,1-2H3. The van der Waals surface area contributed by atoms with Gasteiger partial charge in [-0.05, 0) is 25.8 Å². The summed E-state index contributed by atoms with van der Waals surface area (Å²) in [5.41, 5.74) is -0.0992. The van der Waals surface area contributed by atoms with Crippen molar-refractivity contribution in [2.24, 2.45) is 0 Å². The molecule has 0 atom stereocenters. The first-order valence-electron chi connectivity index (χ1n) is 8.31. The molecule has 2 rings (SSSR count). The molecule has 1 aromatic carbocycles. The van der Waals surface area contributed by atoms with Crippen LogP contribution in [0.15, 0.2) is 18.2 Å². The molecule has 1 aliphatic carbocycles. The Labute approximate surface area is 141 Å². The number of amides is 1. The van der Waals surface area contributed by atoms with E-state index in [1.807, 2.05) is 11.8 Å². The predicted molar refractivity (Wildman–Crippen MR) is 89.4 cm³/mol. The molecule has 0 N–H and O–H groups in total. The molecule has 0 radical (unpaired) electrons. The van der Waals surface area contributed by atoms with Gasteiger partial charge in [0.1, 0.15) is 0 Å². The zero-order chi connectivity index (χ0) is 17.5. The number of carbonyl (C=O) groups excluding carboxylic acids is 1. The summed E-state index contributed by atoms with van der Waals surface area (Å²) >= 11 is 0. The van der Waals surface area contributed by atoms with Gasteiger partial charge in [-0.3, -0.25) is 14.9 Å². The van der Waals surface area contributed by atoms with Crippen LogP contribution in [0.1, 0.15) is 39.0 Å². The number of methoxy groups -OCH3 is 1. The second kappa shape index (κ2) is 8.52. The zero-order valence-electron chi connectivity index (χ0n) is 14.2. The highest BCUT2D eigenvalue weighted by atomic mass is 16.6. The molecule has 24 heavy (non-hydrogen) atoms. The van der Waals surface area contributed by atoms with Gasteiger partial charge in [0.15, 0.2) is 18.1 Å². The number of hydrogen-bond acceptors (Lipinski definition) is 5. The Morgan fingerprint density at radius 3 is 2.58 bits per heavy atom. The van der Waals surface area contributed by atoms with Gasteiger partial charge in [-0.25, -0.2) is 0 Å². The SMILES string of the molecule is CCN(C(=O)COc1cc([N+](=O)[O-])ccc1OC)C1CCCCC1. The lowest BCUT2D eigenvalue weighted by atomic mass is 9.94. The lowest BCUT2D eigenvalue weighted by molar-refractivity contribution is -0.385. The number of nitro benzene ring substituents is 1. The van der Waals surface area contributed by atoms with Crippen molar-refractivity contribution in [3.8, 4) is 11.5 Å². The van der Waals surface area contributed by atoms with Crippen molar-refractivity contribution in [2.45, 2.75) is 45.1 Å². The molecule has 7 nitrogen and oxygen atoms in total. The monoisotopic (exact) mass is 336 g/mol. The molecule has 1 amide bonds. The van der Waals surface area contributed by atoms with Gasteiger partial charge in [-0.15, -0.1) is 0 Å². The lowest BCUT2D eigenvalue weighted by Gasteiger charge is -2.33. The van der Waals surface area contributed by atoms with Crippen molar-refractivity contribution in [2.75, 3.05) is 20.3 Å². The summed E-state index contributed by atoms with van der Waals surface area (Å²) < 4.78 is 10.7. The van der Waals surface area contributed by atoms with Crippen molar-refractivity contribution in [1.29, 1.82) is 0 Å². The van der Waals surface area contributed by atoms with E-state index in [1.165, 1.54) is 31.7 Å². The first kappa shape index (κ1) is 18.0. The van der Waals surface area contributed by atoms with Crippen LogP contribution < -0.4 is 9.47 Å². The van der Waals surface area contributed by atoms with Crippen LogP contribution in [0.5, 0.6) is 11.5 Å². The first-order chi connectivity index (χ1) is 11.6.